The maximum atomic E-state index is 5.58. The van der Waals surface area contributed by atoms with Crippen LogP contribution in [0.1, 0.15) is 32.0 Å². The lowest BCUT2D eigenvalue weighted by molar-refractivity contribution is 0.607. The summed E-state index contributed by atoms with van der Waals surface area (Å²) in [6, 6.07) is 8.37. The Labute approximate surface area is 103 Å². The predicted molar refractivity (Wildman–Crippen MR) is 72.0 cm³/mol. The first-order valence-corrected chi connectivity index (χ1v) is 6.51. The van der Waals surface area contributed by atoms with Gasteiger partial charge in [-0.15, -0.1) is 0 Å². The van der Waals surface area contributed by atoms with E-state index in [9.17, 15) is 0 Å². The number of fused-ring (bicyclic) bond motifs is 1. The second-order valence-corrected chi connectivity index (χ2v) is 4.41. The van der Waals surface area contributed by atoms with E-state index in [1.165, 1.54) is 24.2 Å². The van der Waals surface area contributed by atoms with Crippen molar-refractivity contribution in [2.75, 3.05) is 6.54 Å². The molecule has 3 nitrogen and oxygen atoms in total. The van der Waals surface area contributed by atoms with Crippen LogP contribution in [0.15, 0.2) is 24.3 Å². The van der Waals surface area contributed by atoms with Crippen LogP contribution in [0.3, 0.4) is 0 Å². The van der Waals surface area contributed by atoms with Crippen LogP contribution in [-0.2, 0) is 13.0 Å². The van der Waals surface area contributed by atoms with E-state index in [2.05, 4.69) is 29.7 Å². The highest BCUT2D eigenvalue weighted by Crippen LogP contribution is 2.17. The Morgan fingerprint density at radius 3 is 2.82 bits per heavy atom. The molecule has 0 aliphatic rings. The van der Waals surface area contributed by atoms with E-state index >= 15 is 0 Å². The zero-order chi connectivity index (χ0) is 12.1. The van der Waals surface area contributed by atoms with Gasteiger partial charge in [-0.2, -0.15) is 0 Å². The summed E-state index contributed by atoms with van der Waals surface area (Å²) in [5.74, 6) is 1.19. The fourth-order valence-electron chi connectivity index (χ4n) is 2.14. The zero-order valence-electron chi connectivity index (χ0n) is 10.5. The number of hydrogen-bond donors (Lipinski definition) is 1. The van der Waals surface area contributed by atoms with Crippen LogP contribution in [0.25, 0.3) is 11.0 Å². The number of para-hydroxylation sites is 2. The second-order valence-electron chi connectivity index (χ2n) is 4.41. The van der Waals surface area contributed by atoms with E-state index in [1.54, 1.807) is 0 Å². The van der Waals surface area contributed by atoms with Crippen LogP contribution in [0.2, 0.25) is 0 Å². The van der Waals surface area contributed by atoms with Crippen molar-refractivity contribution in [1.82, 2.24) is 9.55 Å². The molecule has 0 fully saturated rings. The van der Waals surface area contributed by atoms with Crippen molar-refractivity contribution >= 4 is 11.0 Å². The van der Waals surface area contributed by atoms with Crippen LogP contribution < -0.4 is 5.73 Å². The summed E-state index contributed by atoms with van der Waals surface area (Å²) in [7, 11) is 0. The van der Waals surface area contributed by atoms with Gasteiger partial charge in [-0.1, -0.05) is 25.5 Å². The molecular formula is C14H21N3. The highest BCUT2D eigenvalue weighted by atomic mass is 15.1. The molecule has 17 heavy (non-hydrogen) atoms. The van der Waals surface area contributed by atoms with E-state index in [0.717, 1.165) is 31.4 Å². The van der Waals surface area contributed by atoms with Crippen LogP contribution in [0.5, 0.6) is 0 Å². The van der Waals surface area contributed by atoms with Crippen molar-refractivity contribution < 1.29 is 0 Å². The zero-order valence-corrected chi connectivity index (χ0v) is 10.5. The van der Waals surface area contributed by atoms with Crippen molar-refractivity contribution in [3.05, 3.63) is 30.1 Å². The number of unbranched alkanes of at least 4 members (excludes halogenated alkanes) is 1. The van der Waals surface area contributed by atoms with Crippen molar-refractivity contribution in [3.8, 4) is 0 Å². The van der Waals surface area contributed by atoms with Crippen LogP contribution >= 0.6 is 0 Å². The molecule has 0 unspecified atom stereocenters. The van der Waals surface area contributed by atoms with Crippen LogP contribution in [-0.4, -0.2) is 16.1 Å². The van der Waals surface area contributed by atoms with Gasteiger partial charge in [-0.05, 0) is 31.5 Å². The number of aryl methyl sites for hydroxylation is 2. The molecule has 0 aliphatic carbocycles. The fourth-order valence-corrected chi connectivity index (χ4v) is 2.14. The average molecular weight is 231 g/mol. The molecule has 0 aliphatic heterocycles. The first-order chi connectivity index (χ1) is 8.36. The predicted octanol–water partition coefficient (Wildman–Crippen LogP) is 2.73. The summed E-state index contributed by atoms with van der Waals surface area (Å²) >= 11 is 0. The molecule has 0 saturated carbocycles. The third-order valence-corrected chi connectivity index (χ3v) is 3.07. The third kappa shape index (κ3) is 2.67. The second kappa shape index (κ2) is 5.82. The SMILES string of the molecule is CCCCn1c(CCCN)nc2ccccc21. The standard InChI is InChI=1S/C14H21N3/c1-2-3-11-17-13-8-5-4-7-12(13)16-14(17)9-6-10-15/h4-5,7-8H,2-3,6,9-11,15H2,1H3. The summed E-state index contributed by atoms with van der Waals surface area (Å²) in [5.41, 5.74) is 7.95. The fraction of sp³-hybridized carbons (Fsp3) is 0.500. The normalized spacial score (nSPS) is 11.2. The number of rotatable bonds is 6. The van der Waals surface area contributed by atoms with E-state index in [4.69, 9.17) is 10.7 Å². The van der Waals surface area contributed by atoms with Gasteiger partial charge in [0, 0.05) is 13.0 Å². The lowest BCUT2D eigenvalue weighted by atomic mass is 10.2. The third-order valence-electron chi connectivity index (χ3n) is 3.07. The Morgan fingerprint density at radius 2 is 2.06 bits per heavy atom. The number of benzene rings is 1. The summed E-state index contributed by atoms with van der Waals surface area (Å²) in [6.07, 6.45) is 4.41. The Balaban J connectivity index is 2.34. The van der Waals surface area contributed by atoms with Crippen LogP contribution in [0, 0.1) is 0 Å². The van der Waals surface area contributed by atoms with Crippen molar-refractivity contribution in [2.45, 2.75) is 39.2 Å². The van der Waals surface area contributed by atoms with Gasteiger partial charge in [0.15, 0.2) is 0 Å². The minimum Gasteiger partial charge on any atom is -0.330 e. The quantitative estimate of drug-likeness (QED) is 0.830. The Bertz CT molecular complexity index is 473. The van der Waals surface area contributed by atoms with Crippen LogP contribution in [0.4, 0.5) is 0 Å². The lowest BCUT2D eigenvalue weighted by Gasteiger charge is -2.07. The van der Waals surface area contributed by atoms with E-state index in [1.807, 2.05) is 6.07 Å². The number of aromatic nitrogens is 2. The number of imidazole rings is 1. The molecule has 1 aromatic heterocycles. The molecule has 0 amide bonds. The van der Waals surface area contributed by atoms with Gasteiger partial charge in [0.05, 0.1) is 11.0 Å². The van der Waals surface area contributed by atoms with Gasteiger partial charge in [0.1, 0.15) is 5.82 Å². The molecule has 1 aromatic carbocycles. The largest absolute Gasteiger partial charge is 0.330 e. The number of nitrogens with two attached hydrogens (primary N) is 1. The number of hydrogen-bond acceptors (Lipinski definition) is 2. The summed E-state index contributed by atoms with van der Waals surface area (Å²) in [6.45, 7) is 4.02. The van der Waals surface area contributed by atoms with E-state index in [0.29, 0.717) is 0 Å². The topological polar surface area (TPSA) is 43.8 Å². The molecule has 2 N–H and O–H groups in total. The Hall–Kier alpha value is -1.35. The first-order valence-electron chi connectivity index (χ1n) is 6.51. The molecule has 3 heteroatoms. The molecular weight excluding hydrogens is 210 g/mol. The minimum absolute atomic E-state index is 0.733. The Kier molecular flexibility index (Phi) is 4.15. The van der Waals surface area contributed by atoms with Crippen molar-refractivity contribution in [3.63, 3.8) is 0 Å². The monoisotopic (exact) mass is 231 g/mol. The molecule has 0 radical (unpaired) electrons. The van der Waals surface area contributed by atoms with E-state index in [-0.39, 0.29) is 0 Å². The highest BCUT2D eigenvalue weighted by Gasteiger charge is 2.08. The molecule has 0 saturated heterocycles. The summed E-state index contributed by atoms with van der Waals surface area (Å²) in [5, 5.41) is 0. The molecule has 0 spiro atoms. The molecule has 0 atom stereocenters. The lowest BCUT2D eigenvalue weighted by Crippen LogP contribution is -2.07. The van der Waals surface area contributed by atoms with Crippen molar-refractivity contribution in [1.29, 1.82) is 0 Å². The highest BCUT2D eigenvalue weighted by molar-refractivity contribution is 5.75. The molecule has 92 valence electrons. The number of nitrogens with zero attached hydrogens (tertiary/aromatic N) is 2. The Morgan fingerprint density at radius 1 is 1.24 bits per heavy atom. The maximum Gasteiger partial charge on any atom is 0.109 e. The van der Waals surface area contributed by atoms with Gasteiger partial charge in [0.2, 0.25) is 0 Å². The van der Waals surface area contributed by atoms with Gasteiger partial charge in [-0.3, -0.25) is 0 Å². The smallest absolute Gasteiger partial charge is 0.109 e. The first kappa shape index (κ1) is 12.1. The van der Waals surface area contributed by atoms with E-state index < -0.39 is 0 Å². The molecule has 1 heterocycles. The minimum atomic E-state index is 0.733. The van der Waals surface area contributed by atoms with Gasteiger partial charge in [-0.25, -0.2) is 4.98 Å². The summed E-state index contributed by atoms with van der Waals surface area (Å²) in [4.78, 5) is 4.71. The molecule has 0 bridgehead atoms. The van der Waals surface area contributed by atoms with Gasteiger partial charge in [0.25, 0.3) is 0 Å². The maximum absolute atomic E-state index is 5.58. The molecule has 2 rings (SSSR count). The molecule has 2 aromatic rings. The summed E-state index contributed by atoms with van der Waals surface area (Å²) < 4.78 is 2.36. The van der Waals surface area contributed by atoms with Gasteiger partial charge >= 0.3 is 0 Å². The van der Waals surface area contributed by atoms with Gasteiger partial charge < -0.3 is 10.3 Å². The average Bonchev–Trinajstić information content (AvgIpc) is 2.71. The van der Waals surface area contributed by atoms with Crippen molar-refractivity contribution in [2.24, 2.45) is 5.73 Å².